The van der Waals surface area contributed by atoms with Gasteiger partial charge in [-0.2, -0.15) is 0 Å². The average Bonchev–Trinajstić information content (AvgIpc) is 2.89. The Kier molecular flexibility index (Phi) is 5.13. The van der Waals surface area contributed by atoms with E-state index in [9.17, 15) is 14.3 Å². The number of amidine groups is 1. The van der Waals surface area contributed by atoms with Crippen molar-refractivity contribution >= 4 is 34.6 Å². The van der Waals surface area contributed by atoms with Crippen LogP contribution < -0.4 is 0 Å². The number of thioether (sulfide) groups is 1. The van der Waals surface area contributed by atoms with Crippen molar-refractivity contribution in [3.63, 3.8) is 0 Å². The van der Waals surface area contributed by atoms with E-state index in [2.05, 4.69) is 4.99 Å². The van der Waals surface area contributed by atoms with E-state index in [1.54, 1.807) is 24.3 Å². The molecule has 1 saturated heterocycles. The lowest BCUT2D eigenvalue weighted by atomic mass is 10.1. The summed E-state index contributed by atoms with van der Waals surface area (Å²) in [4.78, 5) is 19.1. The summed E-state index contributed by atoms with van der Waals surface area (Å²) in [5, 5.41) is 10.4. The Morgan fingerprint density at radius 2 is 1.88 bits per heavy atom. The number of hydrogen-bond donors (Lipinski definition) is 1. The lowest BCUT2D eigenvalue weighted by molar-refractivity contribution is -0.122. The highest BCUT2D eigenvalue weighted by molar-refractivity contribution is 8.18. The second-order valence-corrected chi connectivity index (χ2v) is 7.02. The van der Waals surface area contributed by atoms with E-state index >= 15 is 0 Å². The van der Waals surface area contributed by atoms with Crippen molar-refractivity contribution in [3.8, 4) is 5.75 Å². The van der Waals surface area contributed by atoms with E-state index in [0.29, 0.717) is 16.6 Å². The minimum Gasteiger partial charge on any atom is -0.507 e. The Hall–Kier alpha value is -2.60. The van der Waals surface area contributed by atoms with Crippen molar-refractivity contribution in [2.24, 2.45) is 4.99 Å². The van der Waals surface area contributed by atoms with Crippen molar-refractivity contribution < 1.29 is 14.3 Å². The third-order valence-corrected chi connectivity index (χ3v) is 5.09. The van der Waals surface area contributed by atoms with Crippen molar-refractivity contribution in [1.29, 1.82) is 0 Å². The molecule has 26 heavy (non-hydrogen) atoms. The SMILES string of the molecule is CCN1C(=O)/C(=C\c2cc(C)c(O)c(C)c2)SC1=Nc1ccccc1F. The molecule has 0 spiro atoms. The molecule has 2 aromatic carbocycles. The Morgan fingerprint density at radius 1 is 1.23 bits per heavy atom. The number of carbonyl (C=O) groups is 1. The molecule has 1 heterocycles. The van der Waals surface area contributed by atoms with Crippen LogP contribution >= 0.6 is 11.8 Å². The fourth-order valence-corrected chi connectivity index (χ4v) is 3.80. The van der Waals surface area contributed by atoms with Gasteiger partial charge in [0.2, 0.25) is 0 Å². The number of phenolic OH excluding ortho intramolecular Hbond substituents is 1. The highest BCUT2D eigenvalue weighted by Crippen LogP contribution is 2.35. The molecule has 0 aliphatic carbocycles. The van der Waals surface area contributed by atoms with Crippen LogP contribution in [-0.4, -0.2) is 27.6 Å². The largest absolute Gasteiger partial charge is 0.507 e. The minimum atomic E-state index is -0.425. The molecular formula is C20H19FN2O2S. The minimum absolute atomic E-state index is 0.157. The monoisotopic (exact) mass is 370 g/mol. The maximum atomic E-state index is 13.9. The zero-order chi connectivity index (χ0) is 18.8. The van der Waals surface area contributed by atoms with Gasteiger partial charge in [0, 0.05) is 6.54 Å². The van der Waals surface area contributed by atoms with Gasteiger partial charge in [-0.25, -0.2) is 9.38 Å². The zero-order valence-electron chi connectivity index (χ0n) is 14.8. The van der Waals surface area contributed by atoms with Crippen LogP contribution in [0.3, 0.4) is 0 Å². The molecule has 4 nitrogen and oxygen atoms in total. The van der Waals surface area contributed by atoms with Gasteiger partial charge in [-0.15, -0.1) is 0 Å². The van der Waals surface area contributed by atoms with Crippen molar-refractivity contribution in [3.05, 3.63) is 63.8 Å². The van der Waals surface area contributed by atoms with E-state index in [1.807, 2.05) is 32.9 Å². The number of benzene rings is 2. The maximum Gasteiger partial charge on any atom is 0.266 e. The summed E-state index contributed by atoms with van der Waals surface area (Å²) in [5.41, 5.74) is 2.54. The number of para-hydroxylation sites is 1. The van der Waals surface area contributed by atoms with Gasteiger partial charge in [-0.3, -0.25) is 9.69 Å². The average molecular weight is 370 g/mol. The number of aryl methyl sites for hydroxylation is 2. The molecule has 1 amide bonds. The fourth-order valence-electron chi connectivity index (χ4n) is 2.74. The van der Waals surface area contributed by atoms with Crippen molar-refractivity contribution in [2.75, 3.05) is 6.54 Å². The van der Waals surface area contributed by atoms with Crippen molar-refractivity contribution in [2.45, 2.75) is 20.8 Å². The third kappa shape index (κ3) is 3.51. The van der Waals surface area contributed by atoms with Gasteiger partial charge < -0.3 is 5.11 Å². The number of halogens is 1. The molecule has 0 saturated carbocycles. The summed E-state index contributed by atoms with van der Waals surface area (Å²) in [7, 11) is 0. The van der Waals surface area contributed by atoms with E-state index in [4.69, 9.17) is 0 Å². The molecule has 3 rings (SSSR count). The molecule has 1 aliphatic heterocycles. The van der Waals surface area contributed by atoms with Crippen LogP contribution in [0.15, 0.2) is 46.3 Å². The second kappa shape index (κ2) is 7.33. The van der Waals surface area contributed by atoms with Gasteiger partial charge in [0.25, 0.3) is 5.91 Å². The smallest absolute Gasteiger partial charge is 0.266 e. The molecule has 0 bridgehead atoms. The van der Waals surface area contributed by atoms with E-state index in [0.717, 1.165) is 16.7 Å². The first-order chi connectivity index (χ1) is 12.4. The number of likely N-dealkylation sites (N-methyl/N-ethyl adjacent to an activating group) is 1. The second-order valence-electron chi connectivity index (χ2n) is 6.01. The standard InChI is InChI=1S/C20H19FN2O2S/c1-4-23-19(25)17(11-14-9-12(2)18(24)13(3)10-14)26-20(23)22-16-8-6-5-7-15(16)21/h5-11,24H,4H2,1-3H3/b17-11+,22-20?. The molecule has 0 unspecified atom stereocenters. The number of rotatable bonds is 3. The van der Waals surface area contributed by atoms with Crippen LogP contribution in [0.4, 0.5) is 10.1 Å². The first kappa shape index (κ1) is 18.2. The number of amides is 1. The highest BCUT2D eigenvalue weighted by Gasteiger charge is 2.32. The van der Waals surface area contributed by atoms with Gasteiger partial charge in [-0.1, -0.05) is 12.1 Å². The molecule has 1 fully saturated rings. The molecular weight excluding hydrogens is 351 g/mol. The lowest BCUT2D eigenvalue weighted by Gasteiger charge is -2.12. The van der Waals surface area contributed by atoms with E-state index in [-0.39, 0.29) is 17.3 Å². The summed E-state index contributed by atoms with van der Waals surface area (Å²) < 4.78 is 13.9. The maximum absolute atomic E-state index is 13.9. The molecule has 6 heteroatoms. The Balaban J connectivity index is 1.98. The summed E-state index contributed by atoms with van der Waals surface area (Å²) in [6, 6.07) is 9.88. The van der Waals surface area contributed by atoms with Crippen LogP contribution in [-0.2, 0) is 4.79 Å². The Bertz CT molecular complexity index is 914. The number of aliphatic imine (C=N–C) groups is 1. The number of carbonyl (C=O) groups excluding carboxylic acids is 1. The summed E-state index contributed by atoms with van der Waals surface area (Å²) in [5.74, 6) is -0.322. The molecule has 2 aromatic rings. The summed E-state index contributed by atoms with van der Waals surface area (Å²) in [6.45, 7) is 5.94. The predicted molar refractivity (Wildman–Crippen MR) is 104 cm³/mol. The van der Waals surface area contributed by atoms with Crippen LogP contribution in [0.2, 0.25) is 0 Å². The van der Waals surface area contributed by atoms with Gasteiger partial charge in [0.15, 0.2) is 5.17 Å². The quantitative estimate of drug-likeness (QED) is 0.792. The van der Waals surface area contributed by atoms with Crippen LogP contribution in [0.5, 0.6) is 5.75 Å². The first-order valence-corrected chi connectivity index (χ1v) is 9.07. The van der Waals surface area contributed by atoms with Gasteiger partial charge >= 0.3 is 0 Å². The summed E-state index contributed by atoms with van der Waals surface area (Å²) in [6.07, 6.45) is 1.78. The van der Waals surface area contributed by atoms with E-state index < -0.39 is 5.82 Å². The first-order valence-electron chi connectivity index (χ1n) is 8.25. The van der Waals surface area contributed by atoms with Gasteiger partial charge in [-0.05, 0) is 79.6 Å². The normalized spacial score (nSPS) is 17.5. The van der Waals surface area contributed by atoms with Gasteiger partial charge in [0.05, 0.1) is 4.91 Å². The molecule has 0 aromatic heterocycles. The lowest BCUT2D eigenvalue weighted by Crippen LogP contribution is -2.28. The molecule has 134 valence electrons. The summed E-state index contributed by atoms with van der Waals surface area (Å²) >= 11 is 1.22. The number of aromatic hydroxyl groups is 1. The van der Waals surface area contributed by atoms with E-state index in [1.165, 1.54) is 22.7 Å². The zero-order valence-corrected chi connectivity index (χ0v) is 15.6. The van der Waals surface area contributed by atoms with Crippen LogP contribution in [0, 0.1) is 19.7 Å². The van der Waals surface area contributed by atoms with Crippen LogP contribution in [0.1, 0.15) is 23.6 Å². The topological polar surface area (TPSA) is 52.9 Å². The molecule has 1 aliphatic rings. The fraction of sp³-hybridized carbons (Fsp3) is 0.200. The van der Waals surface area contributed by atoms with Crippen LogP contribution in [0.25, 0.3) is 6.08 Å². The number of hydrogen-bond acceptors (Lipinski definition) is 4. The molecule has 0 atom stereocenters. The van der Waals surface area contributed by atoms with Gasteiger partial charge in [0.1, 0.15) is 17.3 Å². The predicted octanol–water partition coefficient (Wildman–Crippen LogP) is 4.77. The third-order valence-electron chi connectivity index (χ3n) is 4.08. The molecule has 1 N–H and O–H groups in total. The number of nitrogens with zero attached hydrogens (tertiary/aromatic N) is 2. The number of phenols is 1. The molecule has 0 radical (unpaired) electrons. The Morgan fingerprint density at radius 3 is 2.50 bits per heavy atom. The highest BCUT2D eigenvalue weighted by atomic mass is 32.2. The Labute approximate surface area is 156 Å². The van der Waals surface area contributed by atoms with Crippen molar-refractivity contribution in [1.82, 2.24) is 4.90 Å².